The highest BCUT2D eigenvalue weighted by molar-refractivity contribution is 7.91. The summed E-state index contributed by atoms with van der Waals surface area (Å²) in [4.78, 5) is 12.5. The Labute approximate surface area is 155 Å². The number of hydrogen-bond acceptors (Lipinski definition) is 5. The van der Waals surface area contributed by atoms with Crippen molar-refractivity contribution in [3.63, 3.8) is 0 Å². The van der Waals surface area contributed by atoms with E-state index in [1.807, 2.05) is 0 Å². The number of amides is 1. The molecule has 1 aliphatic heterocycles. The summed E-state index contributed by atoms with van der Waals surface area (Å²) in [5.74, 6) is -0.120. The van der Waals surface area contributed by atoms with Gasteiger partial charge in [-0.05, 0) is 18.6 Å². The first kappa shape index (κ1) is 19.6. The van der Waals surface area contributed by atoms with Crippen molar-refractivity contribution in [1.29, 1.82) is 0 Å². The Morgan fingerprint density at radius 2 is 2.00 bits per heavy atom. The van der Waals surface area contributed by atoms with E-state index >= 15 is 0 Å². The lowest BCUT2D eigenvalue weighted by atomic mass is 10.2. The van der Waals surface area contributed by atoms with Gasteiger partial charge in [-0.25, -0.2) is 8.42 Å². The molecular weight excluding hydrogens is 399 g/mol. The van der Waals surface area contributed by atoms with Crippen LogP contribution in [0.2, 0.25) is 0 Å². The molecule has 6 nitrogen and oxygen atoms in total. The van der Waals surface area contributed by atoms with E-state index in [1.54, 1.807) is 24.3 Å². The van der Waals surface area contributed by atoms with Gasteiger partial charge in [-0.1, -0.05) is 46.9 Å². The zero-order chi connectivity index (χ0) is 18.0. The van der Waals surface area contributed by atoms with Gasteiger partial charge in [0.25, 0.3) is 5.91 Å². The predicted molar refractivity (Wildman–Crippen MR) is 94.7 cm³/mol. The average molecular weight is 416 g/mol. The van der Waals surface area contributed by atoms with Crippen molar-refractivity contribution in [3.8, 4) is 5.75 Å². The summed E-state index contributed by atoms with van der Waals surface area (Å²) in [5, 5.41) is 5.48. The van der Waals surface area contributed by atoms with E-state index in [0.717, 1.165) is 0 Å². The molecule has 1 aliphatic rings. The number of hydrogen-bond donors (Lipinski definition) is 2. The molecule has 0 radical (unpaired) electrons. The van der Waals surface area contributed by atoms with Gasteiger partial charge in [-0.2, -0.15) is 0 Å². The fourth-order valence-corrected chi connectivity index (χ4v) is 4.46. The predicted octanol–water partition coefficient (Wildman–Crippen LogP) is 1.90. The number of para-hydroxylation sites is 1. The van der Waals surface area contributed by atoms with Gasteiger partial charge in [0.2, 0.25) is 3.79 Å². The number of halogens is 3. The Morgan fingerprint density at radius 3 is 2.54 bits per heavy atom. The quantitative estimate of drug-likeness (QED) is 0.567. The third-order valence-electron chi connectivity index (χ3n) is 3.59. The molecule has 10 heteroatoms. The van der Waals surface area contributed by atoms with E-state index in [0.29, 0.717) is 12.2 Å². The van der Waals surface area contributed by atoms with Gasteiger partial charge >= 0.3 is 0 Å². The van der Waals surface area contributed by atoms with Crippen molar-refractivity contribution in [2.24, 2.45) is 0 Å². The topological polar surface area (TPSA) is 84.5 Å². The monoisotopic (exact) mass is 414 g/mol. The van der Waals surface area contributed by atoms with Crippen LogP contribution < -0.4 is 15.4 Å². The first-order chi connectivity index (χ1) is 11.1. The van der Waals surface area contributed by atoms with Crippen molar-refractivity contribution in [2.45, 2.75) is 22.4 Å². The number of nitrogens with one attached hydrogen (secondary N) is 2. The normalized spacial score (nSPS) is 21.2. The van der Waals surface area contributed by atoms with Crippen molar-refractivity contribution in [2.75, 3.05) is 18.6 Å². The van der Waals surface area contributed by atoms with Crippen LogP contribution in [0.5, 0.6) is 5.75 Å². The van der Waals surface area contributed by atoms with Crippen LogP contribution in [0.1, 0.15) is 16.8 Å². The molecule has 2 atom stereocenters. The Kier molecular flexibility index (Phi) is 6.25. The molecular formula is C14H17Cl3N2O4S. The highest BCUT2D eigenvalue weighted by Gasteiger charge is 2.38. The molecule has 1 heterocycles. The Balaban J connectivity index is 2.13. The molecule has 0 saturated carbocycles. The zero-order valence-electron chi connectivity index (χ0n) is 12.8. The second-order valence-electron chi connectivity index (χ2n) is 5.41. The van der Waals surface area contributed by atoms with E-state index in [1.165, 1.54) is 7.11 Å². The highest BCUT2D eigenvalue weighted by Crippen LogP contribution is 2.30. The summed E-state index contributed by atoms with van der Waals surface area (Å²) in [6.45, 7) is 0. The summed E-state index contributed by atoms with van der Waals surface area (Å²) in [7, 11) is -1.66. The number of sulfone groups is 1. The zero-order valence-corrected chi connectivity index (χ0v) is 15.8. The molecule has 0 aromatic heterocycles. The Bertz CT molecular complexity index is 706. The minimum atomic E-state index is -3.10. The van der Waals surface area contributed by atoms with Gasteiger partial charge < -0.3 is 10.1 Å². The first-order valence-corrected chi connectivity index (χ1v) is 10.0. The van der Waals surface area contributed by atoms with Crippen LogP contribution in [-0.2, 0) is 9.84 Å². The number of ether oxygens (including phenoxy) is 1. The third kappa shape index (κ3) is 5.13. The molecule has 0 bridgehead atoms. The molecule has 134 valence electrons. The van der Waals surface area contributed by atoms with E-state index in [9.17, 15) is 13.2 Å². The molecule has 0 spiro atoms. The first-order valence-electron chi connectivity index (χ1n) is 7.09. The van der Waals surface area contributed by atoms with Crippen LogP contribution in [-0.4, -0.2) is 48.9 Å². The second kappa shape index (κ2) is 7.66. The lowest BCUT2D eigenvalue weighted by Crippen LogP contribution is -2.56. The lowest BCUT2D eigenvalue weighted by Gasteiger charge is -2.29. The lowest BCUT2D eigenvalue weighted by molar-refractivity contribution is 0.0924. The van der Waals surface area contributed by atoms with Crippen LogP contribution in [0.15, 0.2) is 24.3 Å². The fourth-order valence-electron chi connectivity index (χ4n) is 2.42. The van der Waals surface area contributed by atoms with Crippen molar-refractivity contribution < 1.29 is 17.9 Å². The van der Waals surface area contributed by atoms with Crippen LogP contribution in [0.4, 0.5) is 0 Å². The number of alkyl halides is 3. The molecule has 0 unspecified atom stereocenters. The maximum absolute atomic E-state index is 12.5. The van der Waals surface area contributed by atoms with Crippen LogP contribution >= 0.6 is 34.8 Å². The van der Waals surface area contributed by atoms with Gasteiger partial charge in [-0.3, -0.25) is 10.1 Å². The molecule has 2 N–H and O–H groups in total. The summed E-state index contributed by atoms with van der Waals surface area (Å²) >= 11 is 17.8. The standard InChI is InChI=1S/C14H17Cl3N2O4S/c1-23-11-5-3-2-4-10(11)12(20)19-13(14(15,16)17)18-9-6-7-24(21,22)8-9/h2-5,9,13,18H,6-8H2,1H3,(H,19,20)/t9-,13+/m0/s1. The van der Waals surface area contributed by atoms with Gasteiger partial charge in [0.15, 0.2) is 9.84 Å². The van der Waals surface area contributed by atoms with Crippen molar-refractivity contribution >= 4 is 50.5 Å². The smallest absolute Gasteiger partial charge is 0.256 e. The van der Waals surface area contributed by atoms with E-state index in [2.05, 4.69) is 10.6 Å². The molecule has 1 saturated heterocycles. The van der Waals surface area contributed by atoms with E-state index in [4.69, 9.17) is 39.5 Å². The molecule has 1 aromatic rings. The van der Waals surface area contributed by atoms with Gasteiger partial charge in [0, 0.05) is 6.04 Å². The summed E-state index contributed by atoms with van der Waals surface area (Å²) in [5.41, 5.74) is 0.278. The molecule has 1 fully saturated rings. The van der Waals surface area contributed by atoms with Gasteiger partial charge in [0.05, 0.1) is 24.2 Å². The van der Waals surface area contributed by atoms with Crippen LogP contribution in [0.25, 0.3) is 0 Å². The number of benzene rings is 1. The van der Waals surface area contributed by atoms with Crippen molar-refractivity contribution in [3.05, 3.63) is 29.8 Å². The number of carbonyl (C=O) groups excluding carboxylic acids is 1. The Hall–Kier alpha value is -0.730. The maximum Gasteiger partial charge on any atom is 0.256 e. The number of rotatable bonds is 5. The number of carbonyl (C=O) groups is 1. The van der Waals surface area contributed by atoms with E-state index in [-0.39, 0.29) is 17.1 Å². The second-order valence-corrected chi connectivity index (χ2v) is 10.0. The minimum absolute atomic E-state index is 0.0607. The maximum atomic E-state index is 12.5. The van der Waals surface area contributed by atoms with Gasteiger partial charge in [0.1, 0.15) is 11.9 Å². The third-order valence-corrected chi connectivity index (χ3v) is 6.01. The molecule has 1 aromatic carbocycles. The summed E-state index contributed by atoms with van der Waals surface area (Å²) in [6.07, 6.45) is -0.664. The molecule has 0 aliphatic carbocycles. The van der Waals surface area contributed by atoms with E-state index < -0.39 is 31.7 Å². The summed E-state index contributed by atoms with van der Waals surface area (Å²) in [6, 6.07) is 6.22. The van der Waals surface area contributed by atoms with Crippen LogP contribution in [0.3, 0.4) is 0 Å². The molecule has 1 amide bonds. The molecule has 2 rings (SSSR count). The average Bonchev–Trinajstić information content (AvgIpc) is 2.84. The fraction of sp³-hybridized carbons (Fsp3) is 0.500. The largest absolute Gasteiger partial charge is 0.496 e. The highest BCUT2D eigenvalue weighted by atomic mass is 35.6. The summed E-state index contributed by atoms with van der Waals surface area (Å²) < 4.78 is 26.4. The van der Waals surface area contributed by atoms with Crippen molar-refractivity contribution in [1.82, 2.24) is 10.6 Å². The minimum Gasteiger partial charge on any atom is -0.496 e. The van der Waals surface area contributed by atoms with Crippen LogP contribution in [0, 0.1) is 0 Å². The number of methoxy groups -OCH3 is 1. The Morgan fingerprint density at radius 1 is 1.33 bits per heavy atom. The van der Waals surface area contributed by atoms with Gasteiger partial charge in [-0.15, -0.1) is 0 Å². The molecule has 24 heavy (non-hydrogen) atoms. The SMILES string of the molecule is COc1ccccc1C(=O)N[C@@H](N[C@H]1CCS(=O)(=O)C1)C(Cl)(Cl)Cl.